The molecule has 0 aromatic rings. The SMILES string of the molecule is CCNC(C1CCCC(CC)C1)C1(OC)CCC1. The molecule has 106 valence electrons. The molecular formula is C16H31NO. The van der Waals surface area contributed by atoms with Crippen molar-refractivity contribution in [1.29, 1.82) is 0 Å². The molecule has 0 heterocycles. The summed E-state index contributed by atoms with van der Waals surface area (Å²) in [7, 11) is 1.92. The van der Waals surface area contributed by atoms with Crippen LogP contribution < -0.4 is 5.32 Å². The minimum Gasteiger partial charge on any atom is -0.377 e. The lowest BCUT2D eigenvalue weighted by Gasteiger charge is -2.51. The molecule has 0 bridgehead atoms. The quantitative estimate of drug-likeness (QED) is 0.778. The molecule has 0 spiro atoms. The summed E-state index contributed by atoms with van der Waals surface area (Å²) >= 11 is 0. The highest BCUT2D eigenvalue weighted by molar-refractivity contribution is 5.03. The molecule has 0 aromatic heterocycles. The van der Waals surface area contributed by atoms with Gasteiger partial charge in [0.25, 0.3) is 0 Å². The lowest BCUT2D eigenvalue weighted by Crippen LogP contribution is -2.60. The van der Waals surface area contributed by atoms with Crippen LogP contribution in [0.15, 0.2) is 0 Å². The second kappa shape index (κ2) is 6.38. The van der Waals surface area contributed by atoms with E-state index in [0.717, 1.165) is 18.4 Å². The summed E-state index contributed by atoms with van der Waals surface area (Å²) in [6.07, 6.45) is 10.9. The van der Waals surface area contributed by atoms with Gasteiger partial charge in [-0.1, -0.05) is 33.1 Å². The molecule has 2 aliphatic rings. The molecule has 0 saturated heterocycles. The largest absolute Gasteiger partial charge is 0.377 e. The van der Waals surface area contributed by atoms with Gasteiger partial charge in [0.15, 0.2) is 0 Å². The molecule has 2 fully saturated rings. The number of methoxy groups -OCH3 is 1. The third-order valence-electron chi connectivity index (χ3n) is 5.47. The van der Waals surface area contributed by atoms with Gasteiger partial charge in [0.1, 0.15) is 0 Å². The van der Waals surface area contributed by atoms with Crippen LogP contribution in [-0.4, -0.2) is 25.3 Å². The molecule has 2 nitrogen and oxygen atoms in total. The summed E-state index contributed by atoms with van der Waals surface area (Å²) in [4.78, 5) is 0. The average molecular weight is 253 g/mol. The van der Waals surface area contributed by atoms with E-state index in [4.69, 9.17) is 4.74 Å². The van der Waals surface area contributed by atoms with E-state index in [0.29, 0.717) is 6.04 Å². The Hall–Kier alpha value is -0.0800. The molecule has 0 radical (unpaired) electrons. The standard InChI is InChI=1S/C16H31NO/c1-4-13-8-6-9-14(12-13)15(17-5-2)16(18-3)10-7-11-16/h13-15,17H,4-12H2,1-3H3. The third kappa shape index (κ3) is 2.75. The van der Waals surface area contributed by atoms with Crippen LogP contribution in [0.5, 0.6) is 0 Å². The summed E-state index contributed by atoms with van der Waals surface area (Å²) in [6, 6.07) is 0.593. The molecule has 2 aliphatic carbocycles. The first kappa shape index (κ1) is 14.3. The van der Waals surface area contributed by atoms with E-state index in [1.54, 1.807) is 0 Å². The number of hydrogen-bond donors (Lipinski definition) is 1. The summed E-state index contributed by atoms with van der Waals surface area (Å²) in [5, 5.41) is 3.77. The van der Waals surface area contributed by atoms with E-state index in [1.807, 2.05) is 7.11 Å². The predicted molar refractivity (Wildman–Crippen MR) is 76.8 cm³/mol. The minimum atomic E-state index is 0.163. The zero-order chi connectivity index (χ0) is 13.0. The number of hydrogen-bond acceptors (Lipinski definition) is 2. The van der Waals surface area contributed by atoms with Crippen molar-refractivity contribution in [3.05, 3.63) is 0 Å². The first-order valence-corrected chi connectivity index (χ1v) is 8.04. The molecule has 2 rings (SSSR count). The fourth-order valence-corrected chi connectivity index (χ4v) is 4.18. The van der Waals surface area contributed by atoms with E-state index in [9.17, 15) is 0 Å². The summed E-state index contributed by atoms with van der Waals surface area (Å²) < 4.78 is 5.95. The van der Waals surface area contributed by atoms with Crippen molar-refractivity contribution < 1.29 is 4.74 Å². The predicted octanol–water partition coefficient (Wildman–Crippen LogP) is 3.75. The van der Waals surface area contributed by atoms with Gasteiger partial charge >= 0.3 is 0 Å². The minimum absolute atomic E-state index is 0.163. The van der Waals surface area contributed by atoms with E-state index in [-0.39, 0.29) is 5.60 Å². The van der Waals surface area contributed by atoms with Gasteiger partial charge in [0.05, 0.1) is 5.60 Å². The van der Waals surface area contributed by atoms with Crippen molar-refractivity contribution in [1.82, 2.24) is 5.32 Å². The Balaban J connectivity index is 2.04. The van der Waals surface area contributed by atoms with E-state index >= 15 is 0 Å². The second-order valence-electron chi connectivity index (χ2n) is 6.36. The van der Waals surface area contributed by atoms with Gasteiger partial charge in [-0.3, -0.25) is 0 Å². The van der Waals surface area contributed by atoms with Crippen LogP contribution in [0.3, 0.4) is 0 Å². The topological polar surface area (TPSA) is 21.3 Å². The molecule has 2 heteroatoms. The maximum absolute atomic E-state index is 5.95. The van der Waals surface area contributed by atoms with Crippen LogP contribution in [0.1, 0.15) is 65.2 Å². The van der Waals surface area contributed by atoms with E-state index in [1.165, 1.54) is 51.4 Å². The highest BCUT2D eigenvalue weighted by Crippen LogP contribution is 2.44. The van der Waals surface area contributed by atoms with Crippen molar-refractivity contribution in [2.45, 2.75) is 76.9 Å². The normalized spacial score (nSPS) is 32.8. The van der Waals surface area contributed by atoms with Gasteiger partial charge in [-0.15, -0.1) is 0 Å². The zero-order valence-electron chi connectivity index (χ0n) is 12.5. The van der Waals surface area contributed by atoms with Gasteiger partial charge in [0.2, 0.25) is 0 Å². The molecule has 18 heavy (non-hydrogen) atoms. The van der Waals surface area contributed by atoms with Gasteiger partial charge in [-0.25, -0.2) is 0 Å². The average Bonchev–Trinajstić information content (AvgIpc) is 2.37. The Morgan fingerprint density at radius 1 is 1.22 bits per heavy atom. The number of ether oxygens (including phenoxy) is 1. The maximum Gasteiger partial charge on any atom is 0.0833 e. The highest BCUT2D eigenvalue weighted by atomic mass is 16.5. The zero-order valence-corrected chi connectivity index (χ0v) is 12.5. The van der Waals surface area contributed by atoms with E-state index < -0.39 is 0 Å². The summed E-state index contributed by atoms with van der Waals surface area (Å²) in [6.45, 7) is 5.66. The fourth-order valence-electron chi connectivity index (χ4n) is 4.18. The second-order valence-corrected chi connectivity index (χ2v) is 6.36. The van der Waals surface area contributed by atoms with Crippen molar-refractivity contribution in [3.8, 4) is 0 Å². The highest BCUT2D eigenvalue weighted by Gasteiger charge is 2.47. The first-order chi connectivity index (χ1) is 8.75. The van der Waals surface area contributed by atoms with Crippen LogP contribution in [0.4, 0.5) is 0 Å². The summed E-state index contributed by atoms with van der Waals surface area (Å²) in [5.41, 5.74) is 0.163. The lowest BCUT2D eigenvalue weighted by molar-refractivity contribution is -0.116. The third-order valence-corrected chi connectivity index (χ3v) is 5.47. The lowest BCUT2D eigenvalue weighted by atomic mass is 9.65. The Kier molecular flexibility index (Phi) is 5.08. The van der Waals surface area contributed by atoms with Crippen molar-refractivity contribution in [2.24, 2.45) is 11.8 Å². The van der Waals surface area contributed by atoms with E-state index in [2.05, 4.69) is 19.2 Å². The van der Waals surface area contributed by atoms with Gasteiger partial charge in [-0.2, -0.15) is 0 Å². The van der Waals surface area contributed by atoms with Crippen LogP contribution in [0.25, 0.3) is 0 Å². The Labute approximate surface area is 113 Å². The monoisotopic (exact) mass is 253 g/mol. The van der Waals surface area contributed by atoms with Crippen molar-refractivity contribution >= 4 is 0 Å². The molecule has 0 aliphatic heterocycles. The number of rotatable bonds is 6. The Bertz CT molecular complexity index is 244. The molecule has 3 atom stereocenters. The maximum atomic E-state index is 5.95. The molecule has 2 saturated carbocycles. The van der Waals surface area contributed by atoms with Crippen LogP contribution >= 0.6 is 0 Å². The molecule has 0 aromatic carbocycles. The Morgan fingerprint density at radius 3 is 2.50 bits per heavy atom. The molecular weight excluding hydrogens is 222 g/mol. The van der Waals surface area contributed by atoms with Crippen LogP contribution in [0.2, 0.25) is 0 Å². The van der Waals surface area contributed by atoms with Crippen molar-refractivity contribution in [2.75, 3.05) is 13.7 Å². The van der Waals surface area contributed by atoms with Crippen LogP contribution in [0, 0.1) is 11.8 Å². The van der Waals surface area contributed by atoms with Crippen molar-refractivity contribution in [3.63, 3.8) is 0 Å². The van der Waals surface area contributed by atoms with Gasteiger partial charge < -0.3 is 10.1 Å². The molecule has 3 unspecified atom stereocenters. The number of likely N-dealkylation sites (N-methyl/N-ethyl adjacent to an activating group) is 1. The summed E-state index contributed by atoms with van der Waals surface area (Å²) in [5.74, 6) is 1.79. The number of nitrogens with one attached hydrogen (secondary N) is 1. The van der Waals surface area contributed by atoms with Gasteiger partial charge in [0, 0.05) is 13.2 Å². The first-order valence-electron chi connectivity index (χ1n) is 8.04. The van der Waals surface area contributed by atoms with Crippen LogP contribution in [-0.2, 0) is 4.74 Å². The Morgan fingerprint density at radius 2 is 2.00 bits per heavy atom. The van der Waals surface area contributed by atoms with Gasteiger partial charge in [-0.05, 0) is 50.5 Å². The molecule has 0 amide bonds. The molecule has 1 N–H and O–H groups in total. The smallest absolute Gasteiger partial charge is 0.0833 e. The fraction of sp³-hybridized carbons (Fsp3) is 1.00.